The van der Waals surface area contributed by atoms with Crippen molar-refractivity contribution in [1.82, 2.24) is 0 Å². The minimum atomic E-state index is -0.786. The van der Waals surface area contributed by atoms with Crippen molar-refractivity contribution in [1.29, 1.82) is 0 Å². The molecule has 4 heteroatoms. The third kappa shape index (κ3) is 9.55. The molecular weight excluding hydrogens is 340 g/mol. The summed E-state index contributed by atoms with van der Waals surface area (Å²) in [6, 6.07) is 0. The van der Waals surface area contributed by atoms with Gasteiger partial charge >= 0.3 is 5.97 Å². The molecule has 0 aliphatic heterocycles. The Balaban J connectivity index is 2.47. The number of hydrogen-bond acceptors (Lipinski definition) is 3. The van der Waals surface area contributed by atoms with Gasteiger partial charge in [0, 0.05) is 12.3 Å². The normalized spacial score (nSPS) is 23.1. The molecule has 1 aliphatic carbocycles. The molecule has 27 heavy (non-hydrogen) atoms. The Bertz CT molecular complexity index is 505. The van der Waals surface area contributed by atoms with Gasteiger partial charge in [0.15, 0.2) is 0 Å². The minimum absolute atomic E-state index is 0.0651. The van der Waals surface area contributed by atoms with E-state index in [4.69, 9.17) is 5.11 Å². The lowest BCUT2D eigenvalue weighted by atomic mass is 9.82. The molecule has 1 fully saturated rings. The van der Waals surface area contributed by atoms with Gasteiger partial charge in [-0.2, -0.15) is 0 Å². The number of carboxylic acids is 1. The van der Waals surface area contributed by atoms with E-state index in [0.717, 1.165) is 57.8 Å². The van der Waals surface area contributed by atoms with Crippen LogP contribution in [0.3, 0.4) is 0 Å². The average molecular weight is 381 g/mol. The van der Waals surface area contributed by atoms with E-state index in [1.807, 2.05) is 26.8 Å². The van der Waals surface area contributed by atoms with E-state index in [9.17, 15) is 14.7 Å². The van der Waals surface area contributed by atoms with Crippen LogP contribution in [0.25, 0.3) is 0 Å². The first-order valence-corrected chi connectivity index (χ1v) is 10.7. The van der Waals surface area contributed by atoms with Gasteiger partial charge in [-0.1, -0.05) is 65.0 Å². The van der Waals surface area contributed by atoms with Crippen LogP contribution in [-0.2, 0) is 9.59 Å². The van der Waals surface area contributed by atoms with Crippen molar-refractivity contribution in [3.63, 3.8) is 0 Å². The number of aliphatic carboxylic acids is 1. The largest absolute Gasteiger partial charge is 0.481 e. The number of hydrogen-bond donors (Lipinski definition) is 2. The van der Waals surface area contributed by atoms with Gasteiger partial charge in [-0.05, 0) is 43.9 Å². The molecule has 0 aromatic heterocycles. The number of ketones is 1. The third-order valence-electron chi connectivity index (χ3n) is 5.89. The van der Waals surface area contributed by atoms with Gasteiger partial charge < -0.3 is 10.2 Å². The van der Waals surface area contributed by atoms with Crippen molar-refractivity contribution in [2.45, 2.75) is 104 Å². The fraction of sp³-hybridized carbons (Fsp3) is 0.826. The van der Waals surface area contributed by atoms with Gasteiger partial charge in [0.05, 0.1) is 12.0 Å². The van der Waals surface area contributed by atoms with Crippen molar-refractivity contribution in [2.24, 2.45) is 17.3 Å². The molecular formula is C23H40O4. The molecule has 4 nitrogen and oxygen atoms in total. The first-order chi connectivity index (χ1) is 12.6. The zero-order valence-corrected chi connectivity index (χ0v) is 17.8. The van der Waals surface area contributed by atoms with Gasteiger partial charge in [-0.25, -0.2) is 0 Å². The number of unbranched alkanes of at least 4 members (excludes halogenated alkanes) is 3. The second-order valence-electron chi connectivity index (χ2n) is 9.43. The third-order valence-corrected chi connectivity index (χ3v) is 5.89. The SMILES string of the molecule is CCCCCC(C)(O)C=C[C@H]1CCC(=O)[C@@H]1CCCCC(C)(C)CC(=O)O. The number of carbonyl (C=O) groups excluding carboxylic acids is 1. The Labute approximate surface area is 165 Å². The van der Waals surface area contributed by atoms with E-state index < -0.39 is 11.6 Å². The molecule has 0 heterocycles. The predicted octanol–water partition coefficient (Wildman–Crippen LogP) is 5.53. The summed E-state index contributed by atoms with van der Waals surface area (Å²) in [5, 5.41) is 19.5. The molecule has 1 saturated carbocycles. The smallest absolute Gasteiger partial charge is 0.303 e. The lowest BCUT2D eigenvalue weighted by molar-refractivity contribution is -0.139. The molecule has 0 bridgehead atoms. The van der Waals surface area contributed by atoms with E-state index in [1.54, 1.807) is 0 Å². The fourth-order valence-electron chi connectivity index (χ4n) is 4.15. The van der Waals surface area contributed by atoms with Gasteiger partial charge in [-0.3, -0.25) is 9.59 Å². The van der Waals surface area contributed by atoms with Crippen LogP contribution in [-0.4, -0.2) is 27.6 Å². The highest BCUT2D eigenvalue weighted by molar-refractivity contribution is 5.83. The summed E-state index contributed by atoms with van der Waals surface area (Å²) in [4.78, 5) is 23.2. The van der Waals surface area contributed by atoms with Crippen molar-refractivity contribution in [3.05, 3.63) is 12.2 Å². The highest BCUT2D eigenvalue weighted by Crippen LogP contribution is 2.35. The number of Topliss-reactive ketones (excluding diaryl/α,β-unsaturated/α-hetero) is 1. The Kier molecular flexibility index (Phi) is 9.72. The van der Waals surface area contributed by atoms with E-state index in [0.29, 0.717) is 12.2 Å². The minimum Gasteiger partial charge on any atom is -0.481 e. The van der Waals surface area contributed by atoms with Gasteiger partial charge in [-0.15, -0.1) is 0 Å². The van der Waals surface area contributed by atoms with Crippen molar-refractivity contribution >= 4 is 11.8 Å². The van der Waals surface area contributed by atoms with Crippen LogP contribution >= 0.6 is 0 Å². The summed E-state index contributed by atoms with van der Waals surface area (Å²) in [7, 11) is 0. The summed E-state index contributed by atoms with van der Waals surface area (Å²) in [5.41, 5.74) is -0.978. The molecule has 3 atom stereocenters. The molecule has 0 radical (unpaired) electrons. The lowest BCUT2D eigenvalue weighted by Crippen LogP contribution is -2.21. The molecule has 2 N–H and O–H groups in total. The zero-order valence-electron chi connectivity index (χ0n) is 17.8. The Morgan fingerprint density at radius 2 is 1.81 bits per heavy atom. The first kappa shape index (κ1) is 23.9. The number of carbonyl (C=O) groups is 2. The Morgan fingerprint density at radius 3 is 2.44 bits per heavy atom. The highest BCUT2D eigenvalue weighted by atomic mass is 16.4. The van der Waals surface area contributed by atoms with Crippen molar-refractivity contribution in [3.8, 4) is 0 Å². The first-order valence-electron chi connectivity index (χ1n) is 10.7. The maximum atomic E-state index is 12.3. The molecule has 1 aliphatic rings. The van der Waals surface area contributed by atoms with Crippen molar-refractivity contribution in [2.75, 3.05) is 0 Å². The number of allylic oxidation sites excluding steroid dienone is 1. The summed E-state index contributed by atoms with van der Waals surface area (Å²) < 4.78 is 0. The predicted molar refractivity (Wildman–Crippen MR) is 110 cm³/mol. The van der Waals surface area contributed by atoms with Gasteiger partial charge in [0.25, 0.3) is 0 Å². The topological polar surface area (TPSA) is 74.6 Å². The molecule has 0 spiro atoms. The van der Waals surface area contributed by atoms with Crippen LogP contribution in [0.5, 0.6) is 0 Å². The van der Waals surface area contributed by atoms with Crippen LogP contribution < -0.4 is 0 Å². The molecule has 0 aromatic carbocycles. The van der Waals surface area contributed by atoms with E-state index in [2.05, 4.69) is 13.0 Å². The van der Waals surface area contributed by atoms with Gasteiger partial charge in [0.2, 0.25) is 0 Å². The fourth-order valence-corrected chi connectivity index (χ4v) is 4.15. The average Bonchev–Trinajstić information content (AvgIpc) is 2.89. The summed E-state index contributed by atoms with van der Waals surface area (Å²) >= 11 is 0. The van der Waals surface area contributed by atoms with Crippen LogP contribution in [0, 0.1) is 17.3 Å². The second kappa shape index (κ2) is 11.0. The zero-order chi connectivity index (χ0) is 20.5. The second-order valence-corrected chi connectivity index (χ2v) is 9.43. The van der Waals surface area contributed by atoms with Gasteiger partial charge in [0.1, 0.15) is 5.78 Å². The number of aliphatic hydroxyl groups is 1. The Morgan fingerprint density at radius 1 is 1.15 bits per heavy atom. The molecule has 0 aromatic rings. The monoisotopic (exact) mass is 380 g/mol. The quantitative estimate of drug-likeness (QED) is 0.325. The number of rotatable bonds is 13. The highest BCUT2D eigenvalue weighted by Gasteiger charge is 2.33. The lowest BCUT2D eigenvalue weighted by Gasteiger charge is -2.23. The van der Waals surface area contributed by atoms with E-state index >= 15 is 0 Å². The standard InChI is InChI=1S/C23H40O4/c1-5-6-8-15-23(4,27)16-13-18-11-12-20(24)19(18)10-7-9-14-22(2,3)17-21(25)26/h13,16,18-19,27H,5-12,14-15,17H2,1-4H3,(H,25,26)/t18-,19-,23?/m1/s1. The Hall–Kier alpha value is -1.16. The maximum Gasteiger partial charge on any atom is 0.303 e. The summed E-state index contributed by atoms with van der Waals surface area (Å²) in [6.45, 7) is 8.00. The summed E-state index contributed by atoms with van der Waals surface area (Å²) in [5.74, 6) is -0.0975. The summed E-state index contributed by atoms with van der Waals surface area (Å²) in [6.07, 6.45) is 13.4. The molecule has 1 rings (SSSR count). The van der Waals surface area contributed by atoms with Crippen LogP contribution in [0.4, 0.5) is 0 Å². The van der Waals surface area contributed by atoms with Crippen molar-refractivity contribution < 1.29 is 19.8 Å². The number of carboxylic acid groups (broad SMARTS) is 1. The van der Waals surface area contributed by atoms with Crippen LogP contribution in [0.2, 0.25) is 0 Å². The van der Waals surface area contributed by atoms with Crippen LogP contribution in [0.15, 0.2) is 12.2 Å². The molecule has 156 valence electrons. The van der Waals surface area contributed by atoms with Crippen LogP contribution in [0.1, 0.15) is 98.3 Å². The maximum absolute atomic E-state index is 12.3. The molecule has 0 saturated heterocycles. The molecule has 0 amide bonds. The van der Waals surface area contributed by atoms with E-state index in [1.165, 1.54) is 0 Å². The molecule has 1 unspecified atom stereocenters. The van der Waals surface area contributed by atoms with E-state index in [-0.39, 0.29) is 23.7 Å².